The van der Waals surface area contributed by atoms with Crippen LogP contribution in [0.4, 0.5) is 0 Å². The second kappa shape index (κ2) is 5.70. The van der Waals surface area contributed by atoms with Crippen LogP contribution in [0.25, 0.3) is 22.4 Å². The number of nitrogens with zero attached hydrogens (tertiary/aromatic N) is 2. The summed E-state index contributed by atoms with van der Waals surface area (Å²) in [5.74, 6) is 0. The van der Waals surface area contributed by atoms with E-state index in [1.807, 2.05) is 22.9 Å². The number of halogens is 1. The second-order valence-electron chi connectivity index (χ2n) is 5.90. The Morgan fingerprint density at radius 2 is 2.29 bits per heavy atom. The number of rotatable bonds is 3. The van der Waals surface area contributed by atoms with E-state index in [2.05, 4.69) is 15.0 Å². The highest BCUT2D eigenvalue weighted by Crippen LogP contribution is 2.32. The predicted octanol–water partition coefficient (Wildman–Crippen LogP) is 3.27. The molecule has 1 N–H and O–H groups in total. The second-order valence-corrected chi connectivity index (χ2v) is 7.08. The van der Waals surface area contributed by atoms with Crippen LogP contribution >= 0.6 is 22.9 Å². The topological polar surface area (TPSA) is 69.3 Å². The molecule has 5 heterocycles. The van der Waals surface area contributed by atoms with Gasteiger partial charge in [0, 0.05) is 17.6 Å². The van der Waals surface area contributed by atoms with Crippen LogP contribution in [0.3, 0.4) is 0 Å². The molecule has 2 saturated heterocycles. The van der Waals surface area contributed by atoms with Crippen molar-refractivity contribution in [1.82, 2.24) is 15.0 Å². The molecule has 24 heavy (non-hydrogen) atoms. The van der Waals surface area contributed by atoms with E-state index < -0.39 is 0 Å². The van der Waals surface area contributed by atoms with Gasteiger partial charge in [-0.3, -0.25) is 0 Å². The van der Waals surface area contributed by atoms with Gasteiger partial charge < -0.3 is 19.2 Å². The van der Waals surface area contributed by atoms with Gasteiger partial charge in [0.25, 0.3) is 6.01 Å². The number of imidazole rings is 1. The Labute approximate surface area is 146 Å². The molecule has 0 unspecified atom stereocenters. The lowest BCUT2D eigenvalue weighted by molar-refractivity contribution is 0.0273. The lowest BCUT2D eigenvalue weighted by Crippen LogP contribution is -2.32. The first-order valence-electron chi connectivity index (χ1n) is 7.76. The van der Waals surface area contributed by atoms with Gasteiger partial charge in [0.2, 0.25) is 0 Å². The molecular formula is C16H14ClN3O3S. The van der Waals surface area contributed by atoms with Crippen LogP contribution in [-0.2, 0) is 9.47 Å². The van der Waals surface area contributed by atoms with Crippen LogP contribution in [0, 0.1) is 0 Å². The maximum atomic E-state index is 6.36. The predicted molar refractivity (Wildman–Crippen MR) is 90.7 cm³/mol. The van der Waals surface area contributed by atoms with E-state index in [1.165, 1.54) is 0 Å². The van der Waals surface area contributed by atoms with Gasteiger partial charge in [0.05, 0.1) is 28.9 Å². The van der Waals surface area contributed by atoms with Gasteiger partial charge in [0.15, 0.2) is 11.8 Å². The van der Waals surface area contributed by atoms with Crippen LogP contribution in [-0.4, -0.2) is 46.5 Å². The van der Waals surface area contributed by atoms with E-state index in [4.69, 9.17) is 25.8 Å². The van der Waals surface area contributed by atoms with Gasteiger partial charge in [-0.2, -0.15) is 16.3 Å². The molecule has 0 spiro atoms. The highest BCUT2D eigenvalue weighted by Gasteiger charge is 2.43. The van der Waals surface area contributed by atoms with Crippen molar-refractivity contribution >= 4 is 34.1 Å². The summed E-state index contributed by atoms with van der Waals surface area (Å²) in [6.45, 7) is 1.23. The Morgan fingerprint density at radius 1 is 1.33 bits per heavy atom. The molecule has 6 nitrogen and oxygen atoms in total. The number of fused-ring (bicyclic) bond motifs is 2. The Bertz CT molecular complexity index is 882. The summed E-state index contributed by atoms with van der Waals surface area (Å²) >= 11 is 7.97. The molecule has 2 fully saturated rings. The zero-order valence-electron chi connectivity index (χ0n) is 12.6. The Balaban J connectivity index is 1.45. The molecule has 3 atom stereocenters. The SMILES string of the molecule is Clc1cc2[nH]c(O[C@@H]3CO[C@@H]4CCO[C@@H]43)nc2nc1-c1ccsc1. The van der Waals surface area contributed by atoms with Crippen molar-refractivity contribution in [2.45, 2.75) is 24.7 Å². The summed E-state index contributed by atoms with van der Waals surface area (Å²) in [5.41, 5.74) is 3.05. The molecule has 3 aromatic heterocycles. The summed E-state index contributed by atoms with van der Waals surface area (Å²) in [6, 6.07) is 4.24. The summed E-state index contributed by atoms with van der Waals surface area (Å²) in [7, 11) is 0. The largest absolute Gasteiger partial charge is 0.456 e. The van der Waals surface area contributed by atoms with Crippen molar-refractivity contribution < 1.29 is 14.2 Å². The van der Waals surface area contributed by atoms with E-state index in [9.17, 15) is 0 Å². The number of hydrogen-bond acceptors (Lipinski definition) is 6. The number of aromatic amines is 1. The number of ether oxygens (including phenoxy) is 3. The number of nitrogens with one attached hydrogen (secondary N) is 1. The Hall–Kier alpha value is -1.67. The standard InChI is InChI=1S/C16H14ClN3O3S/c17-9-5-10-15(19-13(9)8-2-4-24-7-8)20-16(18-10)23-12-6-22-11-1-3-21-14(11)12/h2,4-5,7,11-12,14H,1,3,6H2,(H,18,19,20)/t11-,12-,14+/m1/s1. The fraction of sp³-hybridized carbons (Fsp3) is 0.375. The minimum absolute atomic E-state index is 0.0175. The number of thiophene rings is 1. The maximum Gasteiger partial charge on any atom is 0.296 e. The van der Waals surface area contributed by atoms with Crippen LogP contribution in [0.2, 0.25) is 5.02 Å². The summed E-state index contributed by atoms with van der Waals surface area (Å²) < 4.78 is 17.3. The number of pyridine rings is 1. The van der Waals surface area contributed by atoms with Crippen LogP contribution in [0.15, 0.2) is 22.9 Å². The number of H-pyrrole nitrogens is 1. The molecule has 0 aromatic carbocycles. The maximum absolute atomic E-state index is 6.36. The van der Waals surface area contributed by atoms with Gasteiger partial charge >= 0.3 is 0 Å². The zero-order valence-corrected chi connectivity index (χ0v) is 14.1. The van der Waals surface area contributed by atoms with E-state index in [0.29, 0.717) is 23.3 Å². The van der Waals surface area contributed by atoms with Crippen molar-refractivity contribution in [1.29, 1.82) is 0 Å². The Kier molecular flexibility index (Phi) is 3.48. The Morgan fingerprint density at radius 3 is 3.17 bits per heavy atom. The first-order valence-corrected chi connectivity index (χ1v) is 9.09. The monoisotopic (exact) mass is 363 g/mol. The summed E-state index contributed by atoms with van der Waals surface area (Å²) in [5, 5.41) is 4.59. The van der Waals surface area contributed by atoms with Gasteiger partial charge in [-0.15, -0.1) is 0 Å². The van der Waals surface area contributed by atoms with Gasteiger partial charge in [0.1, 0.15) is 6.10 Å². The van der Waals surface area contributed by atoms with Crippen LogP contribution in [0.1, 0.15) is 6.42 Å². The first kappa shape index (κ1) is 14.7. The molecule has 3 aromatic rings. The molecule has 2 aliphatic rings. The van der Waals surface area contributed by atoms with Crippen molar-refractivity contribution in [3.8, 4) is 17.3 Å². The van der Waals surface area contributed by atoms with E-state index in [1.54, 1.807) is 11.3 Å². The molecular weight excluding hydrogens is 350 g/mol. The molecule has 0 saturated carbocycles. The fourth-order valence-corrected chi connectivity index (χ4v) is 4.13. The minimum atomic E-state index is -0.148. The average Bonchev–Trinajstić information content (AvgIpc) is 3.31. The molecule has 8 heteroatoms. The minimum Gasteiger partial charge on any atom is -0.456 e. The van der Waals surface area contributed by atoms with Crippen LogP contribution in [0.5, 0.6) is 6.01 Å². The van der Waals surface area contributed by atoms with Crippen molar-refractivity contribution in [2.75, 3.05) is 13.2 Å². The van der Waals surface area contributed by atoms with Crippen molar-refractivity contribution in [3.63, 3.8) is 0 Å². The summed E-state index contributed by atoms with van der Waals surface area (Å²) in [6.07, 6.45) is 0.893. The lowest BCUT2D eigenvalue weighted by atomic mass is 10.1. The van der Waals surface area contributed by atoms with Gasteiger partial charge in [-0.1, -0.05) is 11.6 Å². The van der Waals surface area contributed by atoms with E-state index in [-0.39, 0.29) is 18.3 Å². The van der Waals surface area contributed by atoms with E-state index >= 15 is 0 Å². The zero-order chi connectivity index (χ0) is 16.1. The molecule has 0 radical (unpaired) electrons. The average molecular weight is 364 g/mol. The van der Waals surface area contributed by atoms with Gasteiger partial charge in [-0.05, 0) is 23.9 Å². The highest BCUT2D eigenvalue weighted by atomic mass is 35.5. The fourth-order valence-electron chi connectivity index (χ4n) is 3.23. The molecule has 2 aliphatic heterocycles. The summed E-state index contributed by atoms with van der Waals surface area (Å²) in [4.78, 5) is 12.1. The third kappa shape index (κ3) is 2.39. The first-order chi connectivity index (χ1) is 11.8. The van der Waals surface area contributed by atoms with Crippen molar-refractivity contribution in [2.24, 2.45) is 0 Å². The lowest BCUT2D eigenvalue weighted by Gasteiger charge is -2.15. The third-order valence-corrected chi connectivity index (χ3v) is 5.35. The normalized spacial score (nSPS) is 26.1. The molecule has 124 valence electrons. The van der Waals surface area contributed by atoms with E-state index in [0.717, 1.165) is 29.8 Å². The smallest absolute Gasteiger partial charge is 0.296 e. The molecule has 0 amide bonds. The van der Waals surface area contributed by atoms with Gasteiger partial charge in [-0.25, -0.2) is 4.98 Å². The number of aromatic nitrogens is 3. The highest BCUT2D eigenvalue weighted by molar-refractivity contribution is 7.08. The quantitative estimate of drug-likeness (QED) is 0.773. The molecule has 5 rings (SSSR count). The molecule has 0 bridgehead atoms. The van der Waals surface area contributed by atoms with Crippen molar-refractivity contribution in [3.05, 3.63) is 27.9 Å². The van der Waals surface area contributed by atoms with Crippen LogP contribution < -0.4 is 4.74 Å². The number of hydrogen-bond donors (Lipinski definition) is 1. The molecule has 0 aliphatic carbocycles. The third-order valence-electron chi connectivity index (χ3n) is 4.38.